The van der Waals surface area contributed by atoms with Gasteiger partial charge in [-0.3, -0.25) is 14.6 Å². The number of halogens is 2. The summed E-state index contributed by atoms with van der Waals surface area (Å²) in [7, 11) is 3.85. The predicted molar refractivity (Wildman–Crippen MR) is 233 cm³/mol. The van der Waals surface area contributed by atoms with E-state index in [9.17, 15) is 4.79 Å². The van der Waals surface area contributed by atoms with Crippen LogP contribution in [-0.4, -0.2) is 105 Å². The highest BCUT2D eigenvalue weighted by Gasteiger charge is 2.32. The molecule has 2 heterocycles. The lowest BCUT2D eigenvalue weighted by Crippen LogP contribution is -2.49. The first-order valence-corrected chi connectivity index (χ1v) is 21.7. The fourth-order valence-electron chi connectivity index (χ4n) is 7.16. The van der Waals surface area contributed by atoms with E-state index in [1.807, 2.05) is 49.3 Å². The quantitative estimate of drug-likeness (QED) is 0.129. The first-order valence-electron chi connectivity index (χ1n) is 19.7. The summed E-state index contributed by atoms with van der Waals surface area (Å²) in [6.07, 6.45) is 4.69. The highest BCUT2D eigenvalue weighted by atomic mass is 35.5. The molecule has 2 aliphatic heterocycles. The molecule has 0 unspecified atom stereocenters. The average molecular weight is 820 g/mol. The maximum atomic E-state index is 13.1. The van der Waals surface area contributed by atoms with Crippen LogP contribution in [0.4, 0.5) is 5.69 Å². The summed E-state index contributed by atoms with van der Waals surface area (Å²) in [5, 5.41) is 7.31. The highest BCUT2D eigenvalue weighted by Crippen LogP contribution is 2.34. The van der Waals surface area contributed by atoms with Crippen molar-refractivity contribution in [3.63, 3.8) is 0 Å². The Morgan fingerprint density at radius 1 is 0.732 bits per heavy atom. The molecule has 56 heavy (non-hydrogen) atoms. The third kappa shape index (κ3) is 11.3. The van der Waals surface area contributed by atoms with Crippen LogP contribution in [-0.2, 0) is 13.1 Å². The summed E-state index contributed by atoms with van der Waals surface area (Å²) in [5.41, 5.74) is 4.08. The molecule has 12 heteroatoms. The van der Waals surface area contributed by atoms with Crippen molar-refractivity contribution < 1.29 is 14.3 Å². The molecule has 9 nitrogen and oxygen atoms in total. The zero-order valence-electron chi connectivity index (χ0n) is 33.3. The molecule has 0 radical (unpaired) electrons. The molecule has 300 valence electrons. The number of ether oxygens (including phenoxy) is 2. The van der Waals surface area contributed by atoms with E-state index in [0.29, 0.717) is 39.7 Å². The van der Waals surface area contributed by atoms with Crippen LogP contribution in [0.15, 0.2) is 83.8 Å². The topological polar surface area (TPSA) is 72.5 Å². The Morgan fingerprint density at radius 3 is 2.02 bits per heavy atom. The smallest absolute Gasteiger partial charge is 0.254 e. The van der Waals surface area contributed by atoms with E-state index in [2.05, 4.69) is 75.8 Å². The molecule has 0 spiro atoms. The summed E-state index contributed by atoms with van der Waals surface area (Å²) in [4.78, 5) is 23.8. The number of hydrogen-bond acceptors (Lipinski definition) is 9. The maximum absolute atomic E-state index is 13.1. The monoisotopic (exact) mass is 818 g/mol. The number of rotatable bonds is 13. The van der Waals surface area contributed by atoms with Crippen molar-refractivity contribution in [1.82, 2.24) is 25.3 Å². The van der Waals surface area contributed by atoms with Gasteiger partial charge in [0.2, 0.25) is 0 Å². The van der Waals surface area contributed by atoms with Crippen molar-refractivity contribution in [2.45, 2.75) is 56.8 Å². The molecule has 4 aromatic carbocycles. The first kappa shape index (κ1) is 42.1. The average Bonchev–Trinajstić information content (AvgIpc) is 4.07. The number of anilines is 1. The van der Waals surface area contributed by atoms with Crippen LogP contribution in [0.3, 0.4) is 0 Å². The van der Waals surface area contributed by atoms with E-state index < -0.39 is 0 Å². The molecule has 0 bridgehead atoms. The van der Waals surface area contributed by atoms with Crippen molar-refractivity contribution in [1.29, 1.82) is 0 Å². The minimum atomic E-state index is 0.0513. The van der Waals surface area contributed by atoms with Gasteiger partial charge in [0, 0.05) is 111 Å². The van der Waals surface area contributed by atoms with Crippen LogP contribution in [0.1, 0.15) is 48.2 Å². The van der Waals surface area contributed by atoms with Gasteiger partial charge in [0.1, 0.15) is 23.0 Å². The summed E-state index contributed by atoms with van der Waals surface area (Å²) < 4.78 is 12.2. The number of amides is 1. The van der Waals surface area contributed by atoms with E-state index in [0.717, 1.165) is 82.0 Å². The van der Waals surface area contributed by atoms with E-state index in [1.165, 1.54) is 29.0 Å². The molecule has 0 aromatic heterocycles. The Labute approximate surface area is 347 Å². The van der Waals surface area contributed by atoms with Crippen molar-refractivity contribution in [3.05, 3.63) is 106 Å². The van der Waals surface area contributed by atoms with Crippen molar-refractivity contribution in [3.8, 4) is 23.0 Å². The molecule has 7 rings (SSSR count). The van der Waals surface area contributed by atoms with Crippen molar-refractivity contribution in [2.75, 3.05) is 77.6 Å². The predicted octanol–water partition coefficient (Wildman–Crippen LogP) is 8.88. The van der Waals surface area contributed by atoms with Gasteiger partial charge in [0.15, 0.2) is 0 Å². The van der Waals surface area contributed by atoms with E-state index in [1.54, 1.807) is 30.0 Å². The van der Waals surface area contributed by atoms with Crippen molar-refractivity contribution in [2.24, 2.45) is 0 Å². The Bertz CT molecular complexity index is 1890. The van der Waals surface area contributed by atoms with Gasteiger partial charge in [-0.25, -0.2) is 0 Å². The van der Waals surface area contributed by atoms with Crippen LogP contribution in [0.2, 0.25) is 10.0 Å². The second-order valence-electron chi connectivity index (χ2n) is 14.8. The van der Waals surface area contributed by atoms with Gasteiger partial charge < -0.3 is 29.9 Å². The van der Waals surface area contributed by atoms with Crippen LogP contribution in [0, 0.1) is 0 Å². The third-order valence-electron chi connectivity index (χ3n) is 10.6. The van der Waals surface area contributed by atoms with Gasteiger partial charge in [-0.1, -0.05) is 29.3 Å². The molecule has 3 aliphatic rings. The number of nitrogens with one attached hydrogen (secondary N) is 2. The summed E-state index contributed by atoms with van der Waals surface area (Å²) in [6, 6.07) is 27.0. The van der Waals surface area contributed by atoms with Gasteiger partial charge in [-0.2, -0.15) is 0 Å². The van der Waals surface area contributed by atoms with Crippen LogP contribution < -0.4 is 25.0 Å². The normalized spacial score (nSPS) is 16.4. The summed E-state index contributed by atoms with van der Waals surface area (Å²) in [6.45, 7) is 13.8. The lowest BCUT2D eigenvalue weighted by molar-refractivity contribution is 0.0627. The van der Waals surface area contributed by atoms with E-state index in [-0.39, 0.29) is 5.91 Å². The first-order chi connectivity index (χ1) is 27.1. The zero-order chi connectivity index (χ0) is 39.6. The van der Waals surface area contributed by atoms with Gasteiger partial charge >= 0.3 is 0 Å². The largest absolute Gasteiger partial charge is 0.457 e. The number of hydrogen-bond donors (Lipinski definition) is 2. The molecule has 3 fully saturated rings. The minimum absolute atomic E-state index is 0.0513. The summed E-state index contributed by atoms with van der Waals surface area (Å²) >= 11 is 13.9. The fourth-order valence-corrected chi connectivity index (χ4v) is 7.85. The molecule has 0 atom stereocenters. The Hall–Kier alpha value is -3.48. The third-order valence-corrected chi connectivity index (χ3v) is 12.1. The number of benzene rings is 4. The van der Waals surface area contributed by atoms with Gasteiger partial charge in [-0.05, 0) is 114 Å². The Morgan fingerprint density at radius 2 is 1.39 bits per heavy atom. The second-order valence-corrected chi connectivity index (χ2v) is 16.5. The Balaban J connectivity index is 0.000000190. The lowest BCUT2D eigenvalue weighted by Gasteiger charge is -2.38. The van der Waals surface area contributed by atoms with Crippen LogP contribution in [0.5, 0.6) is 23.0 Å². The number of carbonyl (C=O) groups is 1. The second kappa shape index (κ2) is 20.3. The molecule has 4 aromatic rings. The standard InChI is InChI=1S/C22H25Cl2N3O2.C22H31N3OS/c1-25-14-16-3-2-15(12-21(16)29-18-6-7-19(23)20(24)13-18)22(28)27-10-8-26(9-11-27)17-4-5-17;1-17(2)24-11-13-25(14-12-24)19-5-10-22(18(15-19)16-23-3)26-20-6-8-21(27-4)9-7-20/h2-3,6-7,12-13,17,25H,4-5,8-11,14H2,1H3;5-10,15,17,23H,11-14,16H2,1-4H3. The van der Waals surface area contributed by atoms with E-state index in [4.69, 9.17) is 32.7 Å². The number of carbonyl (C=O) groups excluding carboxylic acids is 1. The highest BCUT2D eigenvalue weighted by molar-refractivity contribution is 7.98. The molecule has 2 N–H and O–H groups in total. The Kier molecular flexibility index (Phi) is 15.3. The molecular formula is C44H56Cl2N6O3S. The molecule has 1 aliphatic carbocycles. The molecular weight excluding hydrogens is 763 g/mol. The number of thioether (sulfide) groups is 1. The number of nitrogens with zero attached hydrogens (tertiary/aromatic N) is 4. The molecule has 1 saturated carbocycles. The van der Waals surface area contributed by atoms with Gasteiger partial charge in [0.05, 0.1) is 10.0 Å². The van der Waals surface area contributed by atoms with Crippen LogP contribution in [0.25, 0.3) is 0 Å². The maximum Gasteiger partial charge on any atom is 0.254 e. The number of piperazine rings is 2. The van der Waals surface area contributed by atoms with E-state index >= 15 is 0 Å². The minimum Gasteiger partial charge on any atom is -0.457 e. The summed E-state index contributed by atoms with van der Waals surface area (Å²) in [5.74, 6) is 3.07. The lowest BCUT2D eigenvalue weighted by atomic mass is 10.1. The fraction of sp³-hybridized carbons (Fsp3) is 0.432. The molecule has 1 amide bonds. The van der Waals surface area contributed by atoms with Crippen LogP contribution >= 0.6 is 35.0 Å². The SMILES string of the molecule is CNCc1cc(N2CCN(C(C)C)CC2)ccc1Oc1ccc(SC)cc1.CNCc1ccc(C(=O)N2CCN(C3CC3)CC2)cc1Oc1ccc(Cl)c(Cl)c1. The van der Waals surface area contributed by atoms with Gasteiger partial charge in [-0.15, -0.1) is 11.8 Å². The van der Waals surface area contributed by atoms with Gasteiger partial charge in [0.25, 0.3) is 5.91 Å². The zero-order valence-corrected chi connectivity index (χ0v) is 35.7. The molecule has 2 saturated heterocycles. The van der Waals surface area contributed by atoms with Crippen molar-refractivity contribution >= 4 is 46.6 Å².